The number of phenols is 1. The van der Waals surface area contributed by atoms with Crippen molar-refractivity contribution in [3.63, 3.8) is 0 Å². The summed E-state index contributed by atoms with van der Waals surface area (Å²) in [4.78, 5) is 12.1. The Labute approximate surface area is 127 Å². The fourth-order valence-corrected chi connectivity index (χ4v) is 2.16. The first kappa shape index (κ1) is 13.9. The highest BCUT2D eigenvalue weighted by Crippen LogP contribution is 2.27. The van der Waals surface area contributed by atoms with Crippen molar-refractivity contribution in [2.75, 3.05) is 7.11 Å². The van der Waals surface area contributed by atoms with Crippen LogP contribution in [-0.4, -0.2) is 18.0 Å². The molecule has 1 aromatic heterocycles. The Morgan fingerprint density at radius 1 is 1.18 bits per heavy atom. The van der Waals surface area contributed by atoms with Crippen LogP contribution in [0.4, 0.5) is 0 Å². The lowest BCUT2D eigenvalue weighted by Gasteiger charge is -2.03. The molecule has 3 rings (SSSR count). The molecule has 2 aromatic carbocycles. The molecule has 22 heavy (non-hydrogen) atoms. The van der Waals surface area contributed by atoms with E-state index in [1.807, 2.05) is 24.3 Å². The summed E-state index contributed by atoms with van der Waals surface area (Å²) in [6, 6.07) is 14.1. The van der Waals surface area contributed by atoms with Gasteiger partial charge in [-0.2, -0.15) is 0 Å². The van der Waals surface area contributed by atoms with E-state index in [4.69, 9.17) is 9.15 Å². The number of allylic oxidation sites excluding steroid dienone is 1. The lowest BCUT2D eigenvalue weighted by molar-refractivity contribution is 0.102. The lowest BCUT2D eigenvalue weighted by Crippen LogP contribution is -1.90. The third kappa shape index (κ3) is 2.72. The van der Waals surface area contributed by atoms with Crippen LogP contribution in [0.3, 0.4) is 0 Å². The monoisotopic (exact) mass is 294 g/mol. The number of ketones is 1. The van der Waals surface area contributed by atoms with E-state index >= 15 is 0 Å². The molecule has 0 atom stereocenters. The van der Waals surface area contributed by atoms with Crippen LogP contribution in [0.15, 0.2) is 59.0 Å². The first-order chi connectivity index (χ1) is 10.7. The van der Waals surface area contributed by atoms with Gasteiger partial charge in [0.1, 0.15) is 5.58 Å². The zero-order valence-corrected chi connectivity index (χ0v) is 11.9. The quantitative estimate of drug-likeness (QED) is 0.582. The van der Waals surface area contributed by atoms with E-state index in [2.05, 4.69) is 0 Å². The highest BCUT2D eigenvalue weighted by molar-refractivity contribution is 6.06. The molecule has 4 heteroatoms. The summed E-state index contributed by atoms with van der Waals surface area (Å²) in [5, 5.41) is 10.4. The number of carbonyl (C=O) groups excluding carboxylic acids is 1. The minimum atomic E-state index is -0.219. The van der Waals surface area contributed by atoms with Gasteiger partial charge in [0.15, 0.2) is 17.3 Å². The smallest absolute Gasteiger partial charge is 0.221 e. The number of furan rings is 1. The molecular weight excluding hydrogens is 280 g/mol. The van der Waals surface area contributed by atoms with E-state index in [0.717, 1.165) is 10.9 Å². The Morgan fingerprint density at radius 2 is 2.00 bits per heavy atom. The van der Waals surface area contributed by atoms with Crippen LogP contribution in [-0.2, 0) is 0 Å². The predicted molar refractivity (Wildman–Crippen MR) is 84.2 cm³/mol. The van der Waals surface area contributed by atoms with Crippen molar-refractivity contribution in [1.82, 2.24) is 0 Å². The second-order valence-electron chi connectivity index (χ2n) is 4.78. The van der Waals surface area contributed by atoms with Crippen LogP contribution in [0.25, 0.3) is 17.0 Å². The molecule has 0 amide bonds. The molecule has 0 unspecified atom stereocenters. The minimum absolute atomic E-state index is 0.0586. The second kappa shape index (κ2) is 5.77. The number of fused-ring (bicyclic) bond motifs is 1. The van der Waals surface area contributed by atoms with Gasteiger partial charge in [0, 0.05) is 5.39 Å². The Balaban J connectivity index is 1.84. The number of carbonyl (C=O) groups is 1. The van der Waals surface area contributed by atoms with E-state index in [1.54, 1.807) is 24.3 Å². The van der Waals surface area contributed by atoms with Crippen molar-refractivity contribution in [3.8, 4) is 11.5 Å². The van der Waals surface area contributed by atoms with Gasteiger partial charge in [0.2, 0.25) is 5.78 Å². The molecule has 110 valence electrons. The van der Waals surface area contributed by atoms with Crippen molar-refractivity contribution in [1.29, 1.82) is 0 Å². The number of benzene rings is 2. The summed E-state index contributed by atoms with van der Waals surface area (Å²) in [6.45, 7) is 0. The van der Waals surface area contributed by atoms with E-state index in [-0.39, 0.29) is 11.5 Å². The third-order valence-electron chi connectivity index (χ3n) is 3.30. The maximum absolute atomic E-state index is 12.1. The highest BCUT2D eigenvalue weighted by Gasteiger charge is 2.09. The summed E-state index contributed by atoms with van der Waals surface area (Å²) < 4.78 is 10.5. The van der Waals surface area contributed by atoms with Gasteiger partial charge in [-0.05, 0) is 35.9 Å². The summed E-state index contributed by atoms with van der Waals surface area (Å²) in [6.07, 6.45) is 3.08. The molecule has 4 nitrogen and oxygen atoms in total. The van der Waals surface area contributed by atoms with Crippen LogP contribution in [0.1, 0.15) is 16.1 Å². The molecule has 1 heterocycles. The molecular formula is C18H14O4. The fourth-order valence-electron chi connectivity index (χ4n) is 2.16. The largest absolute Gasteiger partial charge is 0.504 e. The first-order valence-electron chi connectivity index (χ1n) is 6.75. The van der Waals surface area contributed by atoms with Crippen molar-refractivity contribution < 1.29 is 19.1 Å². The maximum atomic E-state index is 12.1. The number of hydrogen-bond acceptors (Lipinski definition) is 4. The van der Waals surface area contributed by atoms with E-state index in [0.29, 0.717) is 17.1 Å². The Hall–Kier alpha value is -3.01. The average molecular weight is 294 g/mol. The lowest BCUT2D eigenvalue weighted by atomic mass is 10.1. The topological polar surface area (TPSA) is 59.7 Å². The van der Waals surface area contributed by atoms with Gasteiger partial charge in [-0.15, -0.1) is 0 Å². The van der Waals surface area contributed by atoms with Crippen LogP contribution < -0.4 is 4.74 Å². The fraction of sp³-hybridized carbons (Fsp3) is 0.0556. The highest BCUT2D eigenvalue weighted by atomic mass is 16.5. The zero-order valence-electron chi connectivity index (χ0n) is 11.9. The van der Waals surface area contributed by atoms with Gasteiger partial charge < -0.3 is 14.3 Å². The molecule has 0 aliphatic heterocycles. The molecule has 0 spiro atoms. The molecule has 0 radical (unpaired) electrons. The number of phenolic OH excluding ortho intramolecular Hbond substituents is 1. The van der Waals surface area contributed by atoms with E-state index in [9.17, 15) is 9.90 Å². The number of para-hydroxylation sites is 1. The summed E-state index contributed by atoms with van der Waals surface area (Å²) in [7, 11) is 1.47. The van der Waals surface area contributed by atoms with Gasteiger partial charge in [-0.3, -0.25) is 4.79 Å². The molecule has 0 saturated carbocycles. The zero-order chi connectivity index (χ0) is 15.5. The van der Waals surface area contributed by atoms with Crippen molar-refractivity contribution in [2.24, 2.45) is 0 Å². The van der Waals surface area contributed by atoms with Crippen LogP contribution in [0, 0.1) is 0 Å². The molecule has 0 aliphatic carbocycles. The van der Waals surface area contributed by atoms with E-state index < -0.39 is 0 Å². The minimum Gasteiger partial charge on any atom is -0.504 e. The molecule has 0 bridgehead atoms. The molecule has 0 fully saturated rings. The molecule has 3 aromatic rings. The predicted octanol–water partition coefficient (Wildman–Crippen LogP) is 4.04. The van der Waals surface area contributed by atoms with Gasteiger partial charge in [0.05, 0.1) is 7.11 Å². The Bertz CT molecular complexity index is 825. The van der Waals surface area contributed by atoms with Crippen LogP contribution in [0.5, 0.6) is 11.5 Å². The average Bonchev–Trinajstić information content (AvgIpc) is 2.98. The van der Waals surface area contributed by atoms with Crippen molar-refractivity contribution in [3.05, 3.63) is 65.9 Å². The van der Waals surface area contributed by atoms with Gasteiger partial charge >= 0.3 is 0 Å². The molecule has 0 saturated heterocycles. The van der Waals surface area contributed by atoms with Gasteiger partial charge in [-0.25, -0.2) is 0 Å². The number of ether oxygens (including phenoxy) is 1. The van der Waals surface area contributed by atoms with E-state index in [1.165, 1.54) is 19.3 Å². The second-order valence-corrected chi connectivity index (χ2v) is 4.78. The maximum Gasteiger partial charge on any atom is 0.221 e. The standard InChI is InChI=1S/C18H14O4/c1-21-17-10-12(6-8-14(17)19)7-9-15(20)18-11-13-4-2-3-5-16(13)22-18/h2-11,19H,1H3/b9-7+. The summed E-state index contributed by atoms with van der Waals surface area (Å²) >= 11 is 0. The number of aromatic hydroxyl groups is 1. The van der Waals surface area contributed by atoms with Crippen molar-refractivity contribution >= 4 is 22.8 Å². The van der Waals surface area contributed by atoms with Crippen LogP contribution in [0.2, 0.25) is 0 Å². The van der Waals surface area contributed by atoms with Gasteiger partial charge in [-0.1, -0.05) is 30.3 Å². The number of hydrogen-bond donors (Lipinski definition) is 1. The Morgan fingerprint density at radius 3 is 2.77 bits per heavy atom. The number of rotatable bonds is 4. The SMILES string of the molecule is COc1cc(/C=C/C(=O)c2cc3ccccc3o2)ccc1O. The van der Waals surface area contributed by atoms with Crippen LogP contribution >= 0.6 is 0 Å². The third-order valence-corrected chi connectivity index (χ3v) is 3.30. The molecule has 0 aliphatic rings. The normalized spacial score (nSPS) is 11.1. The Kier molecular flexibility index (Phi) is 3.66. The first-order valence-corrected chi connectivity index (χ1v) is 6.75. The van der Waals surface area contributed by atoms with Gasteiger partial charge in [0.25, 0.3) is 0 Å². The number of methoxy groups -OCH3 is 1. The van der Waals surface area contributed by atoms with Crippen molar-refractivity contribution in [2.45, 2.75) is 0 Å². The molecule has 1 N–H and O–H groups in total. The summed E-state index contributed by atoms with van der Waals surface area (Å²) in [5.41, 5.74) is 1.43. The summed E-state index contributed by atoms with van der Waals surface area (Å²) in [5.74, 6) is 0.494.